The summed E-state index contributed by atoms with van der Waals surface area (Å²) in [5, 5.41) is 4.64. The van der Waals surface area contributed by atoms with Gasteiger partial charge in [0, 0.05) is 24.6 Å². The average Bonchev–Trinajstić information content (AvgIpc) is 3.27. The molecule has 30 heavy (non-hydrogen) atoms. The third kappa shape index (κ3) is 4.39. The van der Waals surface area contributed by atoms with Crippen LogP contribution in [-0.4, -0.2) is 51.0 Å². The molecule has 0 spiro atoms. The second-order valence-electron chi connectivity index (χ2n) is 7.65. The number of likely N-dealkylation sites (tertiary alicyclic amines) is 1. The number of carbonyl (C=O) groups excluding carboxylic acids is 3. The predicted octanol–water partition coefficient (Wildman–Crippen LogP) is 2.69. The number of primary amides is 1. The summed E-state index contributed by atoms with van der Waals surface area (Å²) in [4.78, 5) is 38.3. The zero-order valence-corrected chi connectivity index (χ0v) is 16.9. The minimum atomic E-state index is -1.33. The molecule has 1 aliphatic heterocycles. The van der Waals surface area contributed by atoms with Crippen LogP contribution in [0.4, 0.5) is 8.78 Å². The van der Waals surface area contributed by atoms with Crippen molar-refractivity contribution in [1.29, 1.82) is 0 Å². The van der Waals surface area contributed by atoms with Gasteiger partial charge in [-0.25, -0.2) is 8.78 Å². The highest BCUT2D eigenvalue weighted by atomic mass is 19.1. The van der Waals surface area contributed by atoms with Crippen LogP contribution in [0.5, 0.6) is 0 Å². The van der Waals surface area contributed by atoms with Crippen molar-refractivity contribution in [2.24, 2.45) is 5.73 Å². The molecule has 3 rings (SSSR count). The highest BCUT2D eigenvalue weighted by Gasteiger charge is 2.39. The van der Waals surface area contributed by atoms with Crippen LogP contribution in [0.25, 0.3) is 10.9 Å². The van der Waals surface area contributed by atoms with E-state index in [1.54, 1.807) is 38.1 Å². The Balaban J connectivity index is 1.79. The molecule has 2 aromatic rings. The summed E-state index contributed by atoms with van der Waals surface area (Å²) in [5.41, 5.74) is 6.42. The Hall–Kier alpha value is -3.10. The van der Waals surface area contributed by atoms with Crippen LogP contribution in [0.2, 0.25) is 0 Å². The Morgan fingerprint density at radius 2 is 1.90 bits per heavy atom. The Bertz CT molecular complexity index is 1030. The fraction of sp³-hybridized carbons (Fsp3) is 0.429. The van der Waals surface area contributed by atoms with Crippen LogP contribution in [0, 0.1) is 0 Å². The molecule has 1 fully saturated rings. The summed E-state index contributed by atoms with van der Waals surface area (Å²) in [5.74, 6) is -1.97. The molecule has 2 heterocycles. The first kappa shape index (κ1) is 21.6. The number of aromatic nitrogens is 2. The molecule has 9 heteroatoms. The van der Waals surface area contributed by atoms with Crippen molar-refractivity contribution in [3.63, 3.8) is 0 Å². The zero-order valence-electron chi connectivity index (χ0n) is 16.9. The van der Waals surface area contributed by atoms with E-state index in [0.29, 0.717) is 16.5 Å². The van der Waals surface area contributed by atoms with E-state index >= 15 is 0 Å². The van der Waals surface area contributed by atoms with Gasteiger partial charge in [-0.1, -0.05) is 18.2 Å². The Morgan fingerprint density at radius 1 is 1.20 bits per heavy atom. The van der Waals surface area contributed by atoms with Crippen molar-refractivity contribution in [3.05, 3.63) is 41.4 Å². The molecule has 1 aromatic carbocycles. The summed E-state index contributed by atoms with van der Waals surface area (Å²) in [6.07, 6.45) is -1.60. The maximum atomic E-state index is 14.1. The van der Waals surface area contributed by atoms with E-state index in [-0.39, 0.29) is 49.7 Å². The highest BCUT2D eigenvalue weighted by molar-refractivity contribution is 6.04. The van der Waals surface area contributed by atoms with Gasteiger partial charge in [-0.3, -0.25) is 19.1 Å². The molecule has 0 saturated carbocycles. The van der Waals surface area contributed by atoms with Gasteiger partial charge in [-0.2, -0.15) is 5.10 Å². The second kappa shape index (κ2) is 8.73. The number of nitrogens with two attached hydrogens (primary N) is 1. The molecule has 160 valence electrons. The number of ketones is 1. The van der Waals surface area contributed by atoms with E-state index in [0.717, 1.165) is 0 Å². The Morgan fingerprint density at radius 3 is 2.57 bits per heavy atom. The lowest BCUT2D eigenvalue weighted by Crippen LogP contribution is -2.42. The number of Topliss-reactive ketones (excluding diaryl/α,β-unsaturated/α-hetero) is 1. The van der Waals surface area contributed by atoms with E-state index in [2.05, 4.69) is 5.10 Å². The van der Waals surface area contributed by atoms with E-state index in [4.69, 9.17) is 5.73 Å². The topological polar surface area (TPSA) is 98.3 Å². The third-order valence-corrected chi connectivity index (χ3v) is 5.25. The first-order valence-electron chi connectivity index (χ1n) is 9.72. The maximum absolute atomic E-state index is 14.1. The van der Waals surface area contributed by atoms with Gasteiger partial charge in [0.2, 0.25) is 5.91 Å². The number of benzene rings is 1. The molecule has 0 radical (unpaired) electrons. The van der Waals surface area contributed by atoms with Gasteiger partial charge in [0.25, 0.3) is 5.91 Å². The first-order valence-corrected chi connectivity index (χ1v) is 9.72. The average molecular weight is 418 g/mol. The molecule has 7 nitrogen and oxygen atoms in total. The number of alkyl halides is 1. The van der Waals surface area contributed by atoms with Crippen molar-refractivity contribution in [2.75, 3.05) is 6.54 Å². The summed E-state index contributed by atoms with van der Waals surface area (Å²) in [7, 11) is 0. The highest BCUT2D eigenvalue weighted by Crippen LogP contribution is 2.25. The van der Waals surface area contributed by atoms with Gasteiger partial charge in [-0.15, -0.1) is 0 Å². The van der Waals surface area contributed by atoms with Gasteiger partial charge in [0.15, 0.2) is 11.5 Å². The molecular formula is C21H24F2N4O3. The van der Waals surface area contributed by atoms with Crippen LogP contribution >= 0.6 is 0 Å². The van der Waals surface area contributed by atoms with Crippen molar-refractivity contribution < 1.29 is 23.2 Å². The number of fused-ring (bicyclic) bond motifs is 1. The summed E-state index contributed by atoms with van der Waals surface area (Å²) in [6.45, 7) is 2.74. The number of para-hydroxylation sites is 1. The number of amides is 2. The molecule has 2 amide bonds. The first-order chi connectivity index (χ1) is 14.2. The third-order valence-electron chi connectivity index (χ3n) is 5.25. The monoisotopic (exact) mass is 418 g/mol. The normalized spacial score (nSPS) is 18.6. The molecule has 2 atom stereocenters. The molecule has 0 unspecified atom stereocenters. The number of hydrogen-bond donors (Lipinski definition) is 1. The lowest BCUT2D eigenvalue weighted by atomic mass is 10.0. The molecule has 1 saturated heterocycles. The van der Waals surface area contributed by atoms with E-state index in [1.807, 2.05) is 0 Å². The van der Waals surface area contributed by atoms with Crippen molar-refractivity contribution in [1.82, 2.24) is 14.7 Å². The minimum Gasteiger partial charge on any atom is -0.364 e. The van der Waals surface area contributed by atoms with E-state index < -0.39 is 24.0 Å². The number of hydrogen-bond acceptors (Lipinski definition) is 4. The van der Waals surface area contributed by atoms with E-state index in [1.165, 1.54) is 9.58 Å². The van der Waals surface area contributed by atoms with Crippen LogP contribution in [0.1, 0.15) is 43.6 Å². The van der Waals surface area contributed by atoms with Gasteiger partial charge >= 0.3 is 0 Å². The fourth-order valence-electron chi connectivity index (χ4n) is 3.66. The van der Waals surface area contributed by atoms with Crippen LogP contribution in [0.3, 0.4) is 0 Å². The molecule has 0 bridgehead atoms. The molecule has 1 aliphatic rings. The minimum absolute atomic E-state index is 0.0352. The van der Waals surface area contributed by atoms with Crippen molar-refractivity contribution in [3.8, 4) is 0 Å². The van der Waals surface area contributed by atoms with Crippen LogP contribution in [0.15, 0.2) is 35.7 Å². The van der Waals surface area contributed by atoms with Crippen molar-refractivity contribution >= 4 is 28.5 Å². The lowest BCUT2D eigenvalue weighted by Gasteiger charge is -2.23. The SMILES string of the molecule is CC(C)=C(F)CCC(=O)[C@@H]1C[C@@H](F)CN1C(=O)Cn1nc(C(N)=O)c2ccccc21. The standard InChI is InChI=1S/C21H24F2N4O3/c1-12(2)15(23)7-8-18(28)17-9-13(22)10-26(17)19(29)11-27-16-6-4-3-5-14(16)20(25-27)21(24)30/h3-6,13,17H,7-11H2,1-2H3,(H2,24,30)/t13-,17+/m1/s1. The fourth-order valence-corrected chi connectivity index (χ4v) is 3.66. The Kier molecular flexibility index (Phi) is 6.28. The van der Waals surface area contributed by atoms with Gasteiger partial charge in [-0.05, 0) is 25.5 Å². The molecule has 0 aliphatic carbocycles. The summed E-state index contributed by atoms with van der Waals surface area (Å²) < 4.78 is 29.1. The van der Waals surface area contributed by atoms with Gasteiger partial charge < -0.3 is 10.6 Å². The van der Waals surface area contributed by atoms with E-state index in [9.17, 15) is 23.2 Å². The molecule has 1 aromatic heterocycles. The predicted molar refractivity (Wildman–Crippen MR) is 107 cm³/mol. The largest absolute Gasteiger partial charge is 0.364 e. The number of rotatable bonds is 7. The van der Waals surface area contributed by atoms with Crippen LogP contribution in [-0.2, 0) is 16.1 Å². The second-order valence-corrected chi connectivity index (χ2v) is 7.65. The summed E-state index contributed by atoms with van der Waals surface area (Å²) in [6, 6.07) is 5.87. The van der Waals surface area contributed by atoms with Crippen LogP contribution < -0.4 is 5.73 Å². The van der Waals surface area contributed by atoms with Gasteiger partial charge in [0.05, 0.1) is 23.9 Å². The number of carbonyl (C=O) groups is 3. The Labute approximate surface area is 172 Å². The lowest BCUT2D eigenvalue weighted by molar-refractivity contribution is -0.138. The number of allylic oxidation sites excluding steroid dienone is 2. The smallest absolute Gasteiger partial charge is 0.269 e. The zero-order chi connectivity index (χ0) is 22.0. The molecular weight excluding hydrogens is 394 g/mol. The molecule has 2 N–H and O–H groups in total. The summed E-state index contributed by atoms with van der Waals surface area (Å²) >= 11 is 0. The van der Waals surface area contributed by atoms with Gasteiger partial charge in [0.1, 0.15) is 12.7 Å². The quantitative estimate of drug-likeness (QED) is 0.747. The number of nitrogens with zero attached hydrogens (tertiary/aromatic N) is 3. The number of halogens is 2. The maximum Gasteiger partial charge on any atom is 0.269 e. The van der Waals surface area contributed by atoms with Crippen molar-refractivity contribution in [2.45, 2.75) is 51.9 Å².